The van der Waals surface area contributed by atoms with Gasteiger partial charge in [0.05, 0.1) is 0 Å². The van der Waals surface area contributed by atoms with E-state index in [4.69, 9.17) is 10.2 Å². The van der Waals surface area contributed by atoms with Gasteiger partial charge in [-0.25, -0.2) is 0 Å². The molecule has 7 nitrogen and oxygen atoms in total. The number of nitrogens with two attached hydrogens (primary N) is 1. The maximum atomic E-state index is 12.5. The van der Waals surface area contributed by atoms with Crippen molar-refractivity contribution in [3.63, 3.8) is 0 Å². The summed E-state index contributed by atoms with van der Waals surface area (Å²) in [5, 5.41) is 5.30. The van der Waals surface area contributed by atoms with Crippen LogP contribution in [0.5, 0.6) is 0 Å². The van der Waals surface area contributed by atoms with Crippen LogP contribution in [0.15, 0.2) is 40.8 Å². The summed E-state index contributed by atoms with van der Waals surface area (Å²) in [6.07, 6.45) is 2.88. The van der Waals surface area contributed by atoms with Gasteiger partial charge in [0.15, 0.2) is 5.76 Å². The van der Waals surface area contributed by atoms with Crippen molar-refractivity contribution in [2.45, 2.75) is 31.2 Å². The largest absolute Gasteiger partial charge is 0.451 e. The monoisotopic (exact) mass is 355 g/mol. The van der Waals surface area contributed by atoms with E-state index in [1.165, 1.54) is 7.05 Å². The number of primary amides is 1. The van der Waals surface area contributed by atoms with E-state index in [0.29, 0.717) is 24.2 Å². The molecule has 0 unspecified atom stereocenters. The Hall–Kier alpha value is -3.09. The van der Waals surface area contributed by atoms with Crippen molar-refractivity contribution in [2.75, 3.05) is 7.05 Å². The molecule has 1 aliphatic carbocycles. The molecule has 0 spiro atoms. The molecule has 1 fully saturated rings. The van der Waals surface area contributed by atoms with E-state index in [1.54, 1.807) is 36.4 Å². The van der Waals surface area contributed by atoms with Gasteiger partial charge in [-0.3, -0.25) is 14.4 Å². The van der Waals surface area contributed by atoms with Crippen LogP contribution in [-0.4, -0.2) is 30.3 Å². The molecule has 1 heterocycles. The van der Waals surface area contributed by atoms with E-state index in [9.17, 15) is 14.4 Å². The third kappa shape index (κ3) is 3.33. The maximum Gasteiger partial charge on any atom is 0.286 e. The van der Waals surface area contributed by atoms with Gasteiger partial charge in [-0.2, -0.15) is 0 Å². The first-order valence-electron chi connectivity index (χ1n) is 8.50. The Labute approximate surface area is 150 Å². The Bertz CT molecular complexity index is 833. The standard InChI is InChI=1S/C19H21N3O4/c1-21-17(24)15-9-8-14(26-15)12-4-6-13(7-5-12)16(23)22-19(18(20)25)10-2-3-11-19/h4-9H,2-3,10-11H2,1H3,(H2,20,25)(H,21,24)(H,22,23). The summed E-state index contributed by atoms with van der Waals surface area (Å²) in [5.41, 5.74) is 5.72. The Balaban J connectivity index is 1.75. The van der Waals surface area contributed by atoms with Crippen molar-refractivity contribution in [3.8, 4) is 11.3 Å². The molecule has 4 N–H and O–H groups in total. The quantitative estimate of drug-likeness (QED) is 0.759. The fourth-order valence-electron chi connectivity index (χ4n) is 3.23. The van der Waals surface area contributed by atoms with Gasteiger partial charge >= 0.3 is 0 Å². The van der Waals surface area contributed by atoms with Gasteiger partial charge in [0, 0.05) is 18.2 Å². The van der Waals surface area contributed by atoms with Crippen LogP contribution >= 0.6 is 0 Å². The lowest BCUT2D eigenvalue weighted by molar-refractivity contribution is -0.123. The first-order chi connectivity index (χ1) is 12.4. The normalized spacial score (nSPS) is 15.4. The van der Waals surface area contributed by atoms with Gasteiger partial charge in [0.1, 0.15) is 11.3 Å². The highest BCUT2D eigenvalue weighted by Crippen LogP contribution is 2.30. The number of furan rings is 1. The number of carbonyl (C=O) groups is 3. The highest BCUT2D eigenvalue weighted by atomic mass is 16.3. The number of rotatable bonds is 5. The van der Waals surface area contributed by atoms with E-state index in [1.807, 2.05) is 0 Å². The summed E-state index contributed by atoms with van der Waals surface area (Å²) in [6, 6.07) is 10.0. The number of benzene rings is 1. The second kappa shape index (κ2) is 7.03. The van der Waals surface area contributed by atoms with Crippen LogP contribution in [0.3, 0.4) is 0 Å². The third-order valence-corrected chi connectivity index (χ3v) is 4.77. The highest BCUT2D eigenvalue weighted by Gasteiger charge is 2.40. The molecule has 3 rings (SSSR count). The Morgan fingerprint density at radius 3 is 2.23 bits per heavy atom. The number of nitrogens with one attached hydrogen (secondary N) is 2. The van der Waals surface area contributed by atoms with Crippen molar-refractivity contribution in [1.82, 2.24) is 10.6 Å². The number of hydrogen-bond donors (Lipinski definition) is 3. The molecule has 3 amide bonds. The number of hydrogen-bond acceptors (Lipinski definition) is 4. The molecule has 0 bridgehead atoms. The van der Waals surface area contributed by atoms with Crippen molar-refractivity contribution in [3.05, 3.63) is 47.7 Å². The molecule has 1 saturated carbocycles. The van der Waals surface area contributed by atoms with Crippen LogP contribution in [0, 0.1) is 0 Å². The van der Waals surface area contributed by atoms with Crippen LogP contribution in [0.2, 0.25) is 0 Å². The number of carbonyl (C=O) groups excluding carboxylic acids is 3. The summed E-state index contributed by atoms with van der Waals surface area (Å²) >= 11 is 0. The molecular weight excluding hydrogens is 334 g/mol. The van der Waals surface area contributed by atoms with Crippen LogP contribution in [0.1, 0.15) is 46.6 Å². The summed E-state index contributed by atoms with van der Waals surface area (Å²) in [7, 11) is 1.53. The molecule has 2 aromatic rings. The van der Waals surface area contributed by atoms with Gasteiger partial charge in [-0.15, -0.1) is 0 Å². The lowest BCUT2D eigenvalue weighted by Gasteiger charge is -2.26. The maximum absolute atomic E-state index is 12.5. The van der Waals surface area contributed by atoms with Gasteiger partial charge < -0.3 is 20.8 Å². The Morgan fingerprint density at radius 1 is 1.00 bits per heavy atom. The zero-order valence-corrected chi connectivity index (χ0v) is 14.5. The smallest absolute Gasteiger partial charge is 0.286 e. The molecule has 26 heavy (non-hydrogen) atoms. The minimum atomic E-state index is -0.945. The van der Waals surface area contributed by atoms with Crippen molar-refractivity contribution in [2.24, 2.45) is 5.73 Å². The van der Waals surface area contributed by atoms with Gasteiger partial charge in [0.25, 0.3) is 11.8 Å². The average Bonchev–Trinajstić information content (AvgIpc) is 3.31. The van der Waals surface area contributed by atoms with Crippen LogP contribution < -0.4 is 16.4 Å². The summed E-state index contributed by atoms with van der Waals surface area (Å²) in [5.74, 6) is -0.380. The molecule has 0 saturated heterocycles. The molecule has 0 aliphatic heterocycles. The molecule has 1 aromatic heterocycles. The van der Waals surface area contributed by atoms with Gasteiger partial charge in [-0.05, 0) is 37.1 Å². The minimum Gasteiger partial charge on any atom is -0.451 e. The van der Waals surface area contributed by atoms with E-state index >= 15 is 0 Å². The fraction of sp³-hybridized carbons (Fsp3) is 0.316. The molecule has 1 aromatic carbocycles. The first-order valence-corrected chi connectivity index (χ1v) is 8.50. The third-order valence-electron chi connectivity index (χ3n) is 4.77. The van der Waals surface area contributed by atoms with Crippen molar-refractivity contribution >= 4 is 17.7 Å². The molecule has 136 valence electrons. The summed E-state index contributed by atoms with van der Waals surface area (Å²) < 4.78 is 5.50. The SMILES string of the molecule is CNC(=O)c1ccc(-c2ccc(C(=O)NC3(C(N)=O)CCCC3)cc2)o1. The topological polar surface area (TPSA) is 114 Å². The molecule has 1 aliphatic rings. The van der Waals surface area contributed by atoms with E-state index in [-0.39, 0.29) is 17.6 Å². The van der Waals surface area contributed by atoms with Gasteiger partial charge in [0.2, 0.25) is 5.91 Å². The predicted molar refractivity (Wildman–Crippen MR) is 95.4 cm³/mol. The lowest BCUT2D eigenvalue weighted by atomic mass is 9.96. The van der Waals surface area contributed by atoms with E-state index in [0.717, 1.165) is 18.4 Å². The van der Waals surface area contributed by atoms with Crippen LogP contribution in [0.25, 0.3) is 11.3 Å². The second-order valence-electron chi connectivity index (χ2n) is 6.43. The van der Waals surface area contributed by atoms with Crippen LogP contribution in [0.4, 0.5) is 0 Å². The second-order valence-corrected chi connectivity index (χ2v) is 6.43. The van der Waals surface area contributed by atoms with E-state index < -0.39 is 11.4 Å². The van der Waals surface area contributed by atoms with Crippen molar-refractivity contribution in [1.29, 1.82) is 0 Å². The molecule has 7 heteroatoms. The Morgan fingerprint density at radius 2 is 1.65 bits per heavy atom. The Kier molecular flexibility index (Phi) is 4.79. The number of amides is 3. The highest BCUT2D eigenvalue weighted by molar-refractivity contribution is 5.99. The molecule has 0 atom stereocenters. The average molecular weight is 355 g/mol. The fourth-order valence-corrected chi connectivity index (χ4v) is 3.23. The molecular formula is C19H21N3O4. The zero-order valence-electron chi connectivity index (χ0n) is 14.5. The predicted octanol–water partition coefficient (Wildman–Crippen LogP) is 1.83. The van der Waals surface area contributed by atoms with Gasteiger partial charge in [-0.1, -0.05) is 25.0 Å². The van der Waals surface area contributed by atoms with E-state index in [2.05, 4.69) is 10.6 Å². The summed E-state index contributed by atoms with van der Waals surface area (Å²) in [4.78, 5) is 35.8. The van der Waals surface area contributed by atoms with Crippen molar-refractivity contribution < 1.29 is 18.8 Å². The molecule has 0 radical (unpaired) electrons. The first kappa shape index (κ1) is 17.7. The zero-order chi connectivity index (χ0) is 18.7. The minimum absolute atomic E-state index is 0.217. The lowest BCUT2D eigenvalue weighted by Crippen LogP contribution is -2.55. The van der Waals surface area contributed by atoms with Crippen LogP contribution in [-0.2, 0) is 4.79 Å². The summed E-state index contributed by atoms with van der Waals surface area (Å²) in [6.45, 7) is 0.